The van der Waals surface area contributed by atoms with Gasteiger partial charge in [0.25, 0.3) is 17.1 Å². The molecule has 99 heavy (non-hydrogen) atoms. The van der Waals surface area contributed by atoms with Gasteiger partial charge in [-0.15, -0.1) is 0 Å². The Morgan fingerprint density at radius 2 is 0.778 bits per heavy atom. The van der Waals surface area contributed by atoms with Crippen LogP contribution in [0, 0.1) is 30.3 Å². The highest BCUT2D eigenvalue weighted by molar-refractivity contribution is 6.10. The van der Waals surface area contributed by atoms with E-state index in [9.17, 15) is 54.3 Å². The highest BCUT2D eigenvalue weighted by Gasteiger charge is 2.36. The average Bonchev–Trinajstić information content (AvgIpc) is 0.793. The molecule has 0 aromatic heterocycles. The second-order valence-electron chi connectivity index (χ2n) is 22.3. The Bertz CT molecular complexity index is 4690. The van der Waals surface area contributed by atoms with Crippen LogP contribution in [0.3, 0.4) is 0 Å². The second kappa shape index (κ2) is 31.6. The minimum Gasteiger partial charge on any atom is -0.496 e. The molecule has 0 radical (unpaired) electrons. The van der Waals surface area contributed by atoms with Gasteiger partial charge in [0.05, 0.1) is 56.3 Å². The first kappa shape index (κ1) is 69.8. The molecule has 26 nitrogen and oxygen atoms in total. The van der Waals surface area contributed by atoms with E-state index in [1.165, 1.54) is 58.0 Å². The molecule has 4 aliphatic rings. The van der Waals surface area contributed by atoms with Gasteiger partial charge in [-0.1, -0.05) is 164 Å². The maximum Gasteiger partial charge on any atom is 0.320 e. The molecular weight excluding hydrogens is 1260 g/mol. The van der Waals surface area contributed by atoms with E-state index in [1.54, 1.807) is 49.6 Å². The molecule has 26 heteroatoms. The molecule has 0 saturated heterocycles. The summed E-state index contributed by atoms with van der Waals surface area (Å²) in [6.07, 6.45) is 0. The summed E-state index contributed by atoms with van der Waals surface area (Å²) in [5.74, 6) is 0.392. The molecule has 2 amide bonds. The predicted octanol–water partition coefficient (Wildman–Crippen LogP) is 10.7. The van der Waals surface area contributed by atoms with Crippen molar-refractivity contribution in [2.75, 3.05) is 7.11 Å². The fraction of sp³-hybridized carbons (Fsp3) is 0.123. The summed E-state index contributed by atoms with van der Waals surface area (Å²) in [6.45, 7) is 5.83. The number of para-hydroxylation sites is 2. The first-order chi connectivity index (χ1) is 47.5. The molecule has 8 aromatic rings. The van der Waals surface area contributed by atoms with Crippen LogP contribution in [-0.4, -0.2) is 68.9 Å². The first-order valence-corrected chi connectivity index (χ1v) is 30.5. The molecule has 0 saturated carbocycles. The van der Waals surface area contributed by atoms with Crippen molar-refractivity contribution in [3.63, 3.8) is 0 Å². The zero-order valence-electron chi connectivity index (χ0n) is 53.9. The van der Waals surface area contributed by atoms with Crippen LogP contribution in [0.1, 0.15) is 96.4 Å². The number of rotatable bonds is 16. The van der Waals surface area contributed by atoms with Crippen LogP contribution < -0.4 is 48.5 Å². The maximum absolute atomic E-state index is 12.4. The lowest BCUT2D eigenvalue weighted by atomic mass is 9.90. The number of hydrogen-bond donors (Lipinski definition) is 8. The molecule has 12 rings (SSSR count). The maximum atomic E-state index is 12.4. The zero-order valence-corrected chi connectivity index (χ0v) is 53.9. The largest absolute Gasteiger partial charge is 0.496 e. The Balaban J connectivity index is 0.000000154. The number of benzene rings is 8. The second-order valence-corrected chi connectivity index (χ2v) is 22.3. The molecule has 500 valence electrons. The van der Waals surface area contributed by atoms with Crippen molar-refractivity contribution in [3.8, 4) is 5.75 Å². The molecule has 0 aliphatic carbocycles. The lowest BCUT2D eigenvalue weighted by Crippen LogP contribution is -2.44. The van der Waals surface area contributed by atoms with Crippen LogP contribution in [0.25, 0.3) is 22.8 Å². The number of hydrogen-bond acceptors (Lipinski definition) is 21. The number of methoxy groups -OCH3 is 1. The van der Waals surface area contributed by atoms with Crippen LogP contribution in [0.15, 0.2) is 256 Å². The number of aliphatic imine (C=N–C) groups is 3. The number of guanidine groups is 3. The van der Waals surface area contributed by atoms with Crippen molar-refractivity contribution in [3.05, 3.63) is 316 Å². The van der Waals surface area contributed by atoms with Gasteiger partial charge in [0.1, 0.15) is 23.9 Å². The van der Waals surface area contributed by atoms with Crippen LogP contribution in [0.5, 0.6) is 5.75 Å². The highest BCUT2D eigenvalue weighted by Crippen LogP contribution is 2.41. The van der Waals surface area contributed by atoms with E-state index < -0.39 is 38.9 Å². The molecule has 0 fully saturated rings. The van der Waals surface area contributed by atoms with E-state index in [0.717, 1.165) is 27.8 Å². The van der Waals surface area contributed by atoms with Crippen LogP contribution in [0.4, 0.5) is 21.9 Å². The molecule has 0 spiro atoms. The van der Waals surface area contributed by atoms with Crippen molar-refractivity contribution in [1.82, 2.24) is 26.6 Å². The molecule has 11 N–H and O–H groups in total. The molecule has 4 unspecified atom stereocenters. The lowest BCUT2D eigenvalue weighted by Gasteiger charge is -2.30. The monoisotopic (exact) mass is 1330 g/mol. The number of carbonyl (C=O) groups excluding carboxylic acids is 5. The third-order valence-corrected chi connectivity index (χ3v) is 15.7. The van der Waals surface area contributed by atoms with Gasteiger partial charge in [0.2, 0.25) is 0 Å². The number of nitrogens with zero attached hydrogens (tertiary/aromatic N) is 6. The number of nitro groups is 3. The number of nitro benzene ring substituents is 3. The number of Topliss-reactive ketones (excluding diaryl/α,β-unsaturated/α-hetero) is 4. The Morgan fingerprint density at radius 1 is 0.404 bits per heavy atom. The van der Waals surface area contributed by atoms with Gasteiger partial charge in [0, 0.05) is 58.2 Å². The number of amides is 2. The number of nitrogens with two attached hydrogens (primary N) is 3. The third-order valence-electron chi connectivity index (χ3n) is 15.7. The summed E-state index contributed by atoms with van der Waals surface area (Å²) in [7, 11) is 1.57. The van der Waals surface area contributed by atoms with Gasteiger partial charge in [-0.05, 0) is 85.3 Å². The lowest BCUT2D eigenvalue weighted by molar-refractivity contribution is -0.385. The minimum absolute atomic E-state index is 0.0220. The molecule has 0 bridgehead atoms. The number of carbonyl (C=O) groups is 5. The number of ether oxygens (including phenoxy) is 1. The standard InChI is InChI=1S/C19H18N2O3.3C18H16N4O3/c1-12(22)16-17(13-8-4-3-5-9-13)20-19(23)21-18(16)14-10-6-7-11-15(14)24-2;1-11(23)15-16(12-7-3-2-4-8-12)20-18(19)21-17(15)13-9-5-6-10-14(13)22(24)25;1-11(23)15-16(12-6-3-2-4-7-12)20-18(19)21-17(15)13-8-5-9-14(10-13)22(24)25;1-11(23)15-16(12-5-3-2-4-6-12)20-18(19)21-17(15)13-7-9-14(10-8-13)22(24)25/h3-11,18H,1-2H3,(H2,20,21,23);3*2-10,17H,1H3,(H3,19,20,21). The van der Waals surface area contributed by atoms with Crippen molar-refractivity contribution in [2.45, 2.75) is 51.9 Å². The van der Waals surface area contributed by atoms with Crippen LogP contribution in [0.2, 0.25) is 0 Å². The fourth-order valence-corrected chi connectivity index (χ4v) is 11.4. The van der Waals surface area contributed by atoms with Gasteiger partial charge >= 0.3 is 6.03 Å². The van der Waals surface area contributed by atoms with E-state index in [4.69, 9.17) is 21.9 Å². The molecule has 4 heterocycles. The van der Waals surface area contributed by atoms with E-state index >= 15 is 0 Å². The van der Waals surface area contributed by atoms with Crippen molar-refractivity contribution in [2.24, 2.45) is 32.2 Å². The summed E-state index contributed by atoms with van der Waals surface area (Å²) in [5.41, 5.74) is 26.9. The predicted molar refractivity (Wildman–Crippen MR) is 375 cm³/mol. The topological polar surface area (TPSA) is 399 Å². The Morgan fingerprint density at radius 3 is 1.19 bits per heavy atom. The number of non-ortho nitro benzene ring substituents is 2. The zero-order chi connectivity index (χ0) is 71.0. The van der Waals surface area contributed by atoms with Crippen molar-refractivity contribution >= 4 is 86.9 Å². The van der Waals surface area contributed by atoms with E-state index in [-0.39, 0.29) is 64.1 Å². The van der Waals surface area contributed by atoms with E-state index in [1.807, 2.05) is 146 Å². The Kier molecular flexibility index (Phi) is 22.3. The Labute approximate surface area is 567 Å². The SMILES string of the molecule is CC(=O)C1=C(c2ccccc2)NC(N)=NC1c1ccc([N+](=O)[O-])cc1.CC(=O)C1=C(c2ccccc2)NC(N)=NC1c1cccc([N+](=O)[O-])c1.CC(=O)C1=C(c2ccccc2)NC(N)=NC1c1ccccc1[N+](=O)[O-].COc1ccccc1C1NC(=O)NC(c2ccccc2)=C1C(C)=O. The third kappa shape index (κ3) is 16.5. The Hall–Kier alpha value is -13.5. The van der Waals surface area contributed by atoms with Gasteiger partial charge in [-0.3, -0.25) is 49.5 Å². The molecule has 8 aromatic carbocycles. The quantitative estimate of drug-likeness (QED) is 0.0329. The van der Waals surface area contributed by atoms with Gasteiger partial charge in [-0.25, -0.2) is 19.8 Å². The van der Waals surface area contributed by atoms with Gasteiger partial charge < -0.3 is 48.5 Å². The van der Waals surface area contributed by atoms with Crippen LogP contribution >= 0.6 is 0 Å². The molecular formula is C73H66N14O12. The number of urea groups is 1. The summed E-state index contributed by atoms with van der Waals surface area (Å²) < 4.78 is 5.40. The molecule has 4 aliphatic heterocycles. The number of ketones is 4. The first-order valence-electron chi connectivity index (χ1n) is 30.5. The summed E-state index contributed by atoms with van der Waals surface area (Å²) in [6, 6.07) is 59.8. The molecule has 4 atom stereocenters. The summed E-state index contributed by atoms with van der Waals surface area (Å²) in [5, 5.41) is 47.7. The van der Waals surface area contributed by atoms with Crippen molar-refractivity contribution in [1.29, 1.82) is 0 Å². The van der Waals surface area contributed by atoms with Crippen LogP contribution in [-0.2, 0) is 19.2 Å². The summed E-state index contributed by atoms with van der Waals surface area (Å²) in [4.78, 5) is 106. The van der Waals surface area contributed by atoms with E-state index in [0.29, 0.717) is 67.5 Å². The number of nitrogens with one attached hydrogen (secondary N) is 5. The smallest absolute Gasteiger partial charge is 0.320 e. The van der Waals surface area contributed by atoms with Gasteiger partial charge in [0.15, 0.2) is 41.0 Å². The average molecular weight is 1330 g/mol. The summed E-state index contributed by atoms with van der Waals surface area (Å²) >= 11 is 0. The minimum atomic E-state index is -0.837. The van der Waals surface area contributed by atoms with E-state index in [2.05, 4.69) is 41.6 Å². The van der Waals surface area contributed by atoms with Crippen molar-refractivity contribution < 1.29 is 43.5 Å². The van der Waals surface area contributed by atoms with Gasteiger partial charge in [-0.2, -0.15) is 0 Å². The fourth-order valence-electron chi connectivity index (χ4n) is 11.4. The highest BCUT2D eigenvalue weighted by atomic mass is 16.6. The normalized spacial score (nSPS) is 16.9.